The number of hydrogen-bond donors (Lipinski definition) is 1. The van der Waals surface area contributed by atoms with Crippen LogP contribution in [0.15, 0.2) is 24.4 Å². The van der Waals surface area contributed by atoms with Gasteiger partial charge in [-0.05, 0) is 43.7 Å². The van der Waals surface area contributed by atoms with E-state index in [2.05, 4.69) is 54.3 Å². The smallest absolute Gasteiger partial charge is 0.123 e. The zero-order chi connectivity index (χ0) is 14.1. The van der Waals surface area contributed by atoms with E-state index < -0.39 is 0 Å². The summed E-state index contributed by atoms with van der Waals surface area (Å²) in [4.78, 5) is 8.22. The van der Waals surface area contributed by atoms with E-state index >= 15 is 0 Å². The first-order valence-electron chi connectivity index (χ1n) is 7.22. The van der Waals surface area contributed by atoms with Crippen molar-refractivity contribution < 1.29 is 0 Å². The summed E-state index contributed by atoms with van der Waals surface area (Å²) in [7, 11) is 2.16. The minimum Gasteiger partial charge on any atom is -0.374 e. The lowest BCUT2D eigenvalue weighted by Crippen LogP contribution is -2.16. The monoisotopic (exact) mass is 287 g/mol. The standard InChI is InChI=1S/C16H21N3S/c1-4-17-11(2)15-10-18-16(20-15)13-5-6-14-12(9-13)7-8-19(14)3/h5-6,9-11,17H,4,7-8H2,1-3H3. The molecule has 0 bridgehead atoms. The van der Waals surface area contributed by atoms with Gasteiger partial charge in [-0.3, -0.25) is 0 Å². The molecule has 0 saturated heterocycles. The Morgan fingerprint density at radius 1 is 1.45 bits per heavy atom. The Balaban J connectivity index is 1.87. The molecule has 1 aromatic heterocycles. The van der Waals surface area contributed by atoms with Crippen LogP contribution in [0.2, 0.25) is 0 Å². The first-order chi connectivity index (χ1) is 9.69. The van der Waals surface area contributed by atoms with E-state index in [1.807, 2.05) is 6.20 Å². The number of anilines is 1. The lowest BCUT2D eigenvalue weighted by Gasteiger charge is -2.11. The number of nitrogens with one attached hydrogen (secondary N) is 1. The lowest BCUT2D eigenvalue weighted by atomic mass is 10.1. The molecule has 2 heterocycles. The molecule has 0 radical (unpaired) electrons. The number of rotatable bonds is 4. The number of hydrogen-bond acceptors (Lipinski definition) is 4. The summed E-state index contributed by atoms with van der Waals surface area (Å²) in [5, 5.41) is 4.56. The van der Waals surface area contributed by atoms with Crippen LogP contribution >= 0.6 is 11.3 Å². The van der Waals surface area contributed by atoms with Crippen molar-refractivity contribution >= 4 is 17.0 Å². The van der Waals surface area contributed by atoms with Crippen molar-refractivity contribution in [3.63, 3.8) is 0 Å². The van der Waals surface area contributed by atoms with Gasteiger partial charge in [-0.1, -0.05) is 6.92 Å². The second kappa shape index (κ2) is 5.54. The highest BCUT2D eigenvalue weighted by molar-refractivity contribution is 7.15. The van der Waals surface area contributed by atoms with Crippen molar-refractivity contribution in [1.82, 2.24) is 10.3 Å². The summed E-state index contributed by atoms with van der Waals surface area (Å²) in [6, 6.07) is 7.11. The Morgan fingerprint density at radius 3 is 3.10 bits per heavy atom. The summed E-state index contributed by atoms with van der Waals surface area (Å²) in [5.41, 5.74) is 4.06. The molecule has 1 aliphatic rings. The van der Waals surface area contributed by atoms with Crippen LogP contribution in [0.1, 0.15) is 30.3 Å². The van der Waals surface area contributed by atoms with Gasteiger partial charge in [0, 0.05) is 42.0 Å². The minimum absolute atomic E-state index is 0.381. The highest BCUT2D eigenvalue weighted by atomic mass is 32.1. The van der Waals surface area contributed by atoms with Gasteiger partial charge >= 0.3 is 0 Å². The van der Waals surface area contributed by atoms with E-state index in [1.165, 1.54) is 21.7 Å². The first kappa shape index (κ1) is 13.6. The van der Waals surface area contributed by atoms with E-state index in [-0.39, 0.29) is 0 Å². The molecule has 1 atom stereocenters. The van der Waals surface area contributed by atoms with Crippen LogP contribution in [0, 0.1) is 0 Å². The van der Waals surface area contributed by atoms with Crippen LogP contribution in [0.3, 0.4) is 0 Å². The third-order valence-electron chi connectivity index (χ3n) is 3.91. The molecule has 4 heteroatoms. The number of thiazole rings is 1. The fourth-order valence-electron chi connectivity index (χ4n) is 2.73. The normalized spacial score (nSPS) is 15.4. The van der Waals surface area contributed by atoms with Gasteiger partial charge in [-0.25, -0.2) is 4.98 Å². The number of likely N-dealkylation sites (N-methyl/N-ethyl adjacent to an activating group) is 1. The van der Waals surface area contributed by atoms with Crippen molar-refractivity contribution in [2.45, 2.75) is 26.3 Å². The van der Waals surface area contributed by atoms with Gasteiger partial charge < -0.3 is 10.2 Å². The number of nitrogens with zero attached hydrogens (tertiary/aromatic N) is 2. The Labute approximate surface area is 124 Å². The van der Waals surface area contributed by atoms with Gasteiger partial charge in [-0.15, -0.1) is 11.3 Å². The van der Waals surface area contributed by atoms with Gasteiger partial charge in [0.15, 0.2) is 0 Å². The fraction of sp³-hybridized carbons (Fsp3) is 0.438. The van der Waals surface area contributed by atoms with E-state index in [0.717, 1.165) is 24.5 Å². The molecule has 3 nitrogen and oxygen atoms in total. The summed E-state index contributed by atoms with van der Waals surface area (Å²) in [6.07, 6.45) is 3.15. The van der Waals surface area contributed by atoms with E-state index in [1.54, 1.807) is 11.3 Å². The van der Waals surface area contributed by atoms with E-state index in [0.29, 0.717) is 6.04 Å². The van der Waals surface area contributed by atoms with Crippen molar-refractivity contribution in [2.75, 3.05) is 25.0 Å². The predicted octanol–water partition coefficient (Wildman–Crippen LogP) is 3.47. The fourth-order valence-corrected chi connectivity index (χ4v) is 3.67. The molecular weight excluding hydrogens is 266 g/mol. The maximum absolute atomic E-state index is 4.60. The minimum atomic E-state index is 0.381. The van der Waals surface area contributed by atoms with Gasteiger partial charge in [0.05, 0.1) is 0 Å². The zero-order valence-electron chi connectivity index (χ0n) is 12.3. The van der Waals surface area contributed by atoms with Crippen LogP contribution in [-0.4, -0.2) is 25.1 Å². The molecule has 20 heavy (non-hydrogen) atoms. The highest BCUT2D eigenvalue weighted by Crippen LogP contribution is 2.34. The van der Waals surface area contributed by atoms with Gasteiger partial charge in [0.1, 0.15) is 5.01 Å². The SMILES string of the molecule is CCNC(C)c1cnc(-c2ccc3c(c2)CCN3C)s1. The Bertz CT molecular complexity index is 606. The van der Waals surface area contributed by atoms with Crippen molar-refractivity contribution in [2.24, 2.45) is 0 Å². The van der Waals surface area contributed by atoms with E-state index in [9.17, 15) is 0 Å². The van der Waals surface area contributed by atoms with Crippen LogP contribution in [-0.2, 0) is 6.42 Å². The molecule has 0 spiro atoms. The quantitative estimate of drug-likeness (QED) is 0.933. The molecule has 1 N–H and O–H groups in total. The zero-order valence-corrected chi connectivity index (χ0v) is 13.1. The second-order valence-corrected chi connectivity index (χ2v) is 6.42. The molecule has 106 valence electrons. The molecule has 2 aromatic rings. The molecule has 3 rings (SSSR count). The number of aromatic nitrogens is 1. The Hall–Kier alpha value is -1.39. The highest BCUT2D eigenvalue weighted by Gasteiger charge is 2.17. The lowest BCUT2D eigenvalue weighted by molar-refractivity contribution is 0.606. The third kappa shape index (κ3) is 2.45. The van der Waals surface area contributed by atoms with E-state index in [4.69, 9.17) is 0 Å². The second-order valence-electron chi connectivity index (χ2n) is 5.36. The van der Waals surface area contributed by atoms with Gasteiger partial charge in [0.2, 0.25) is 0 Å². The van der Waals surface area contributed by atoms with Gasteiger partial charge in [0.25, 0.3) is 0 Å². The number of fused-ring (bicyclic) bond motifs is 1. The van der Waals surface area contributed by atoms with Crippen molar-refractivity contribution in [3.05, 3.63) is 34.8 Å². The third-order valence-corrected chi connectivity index (χ3v) is 5.14. The molecular formula is C16H21N3S. The molecule has 0 amide bonds. The van der Waals surface area contributed by atoms with Gasteiger partial charge in [-0.2, -0.15) is 0 Å². The average molecular weight is 287 g/mol. The van der Waals surface area contributed by atoms with Crippen LogP contribution < -0.4 is 10.2 Å². The average Bonchev–Trinajstić information content (AvgIpc) is 3.06. The summed E-state index contributed by atoms with van der Waals surface area (Å²) in [6.45, 7) is 6.44. The summed E-state index contributed by atoms with van der Waals surface area (Å²) in [5.74, 6) is 0. The predicted molar refractivity (Wildman–Crippen MR) is 86.6 cm³/mol. The van der Waals surface area contributed by atoms with Crippen LogP contribution in [0.25, 0.3) is 10.6 Å². The first-order valence-corrected chi connectivity index (χ1v) is 8.04. The molecule has 0 fully saturated rings. The van der Waals surface area contributed by atoms with Crippen LogP contribution in [0.5, 0.6) is 0 Å². The molecule has 0 saturated carbocycles. The summed E-state index contributed by atoms with van der Waals surface area (Å²) < 4.78 is 0. The van der Waals surface area contributed by atoms with Crippen LogP contribution in [0.4, 0.5) is 5.69 Å². The largest absolute Gasteiger partial charge is 0.374 e. The van der Waals surface area contributed by atoms with Crippen molar-refractivity contribution in [3.8, 4) is 10.6 Å². The summed E-state index contributed by atoms with van der Waals surface area (Å²) >= 11 is 1.79. The molecule has 1 aliphatic heterocycles. The molecule has 1 aromatic carbocycles. The maximum atomic E-state index is 4.60. The Morgan fingerprint density at radius 2 is 2.30 bits per heavy atom. The van der Waals surface area contributed by atoms with Crippen molar-refractivity contribution in [1.29, 1.82) is 0 Å². The topological polar surface area (TPSA) is 28.2 Å². The molecule has 0 aliphatic carbocycles. The maximum Gasteiger partial charge on any atom is 0.123 e. The number of benzene rings is 1. The molecule has 1 unspecified atom stereocenters. The Kier molecular flexibility index (Phi) is 3.76.